The van der Waals surface area contributed by atoms with Gasteiger partial charge in [0.2, 0.25) is 5.91 Å². The maximum atomic E-state index is 12.8. The number of aromatic nitrogens is 1. The smallest absolute Gasteiger partial charge is 0.227 e. The molecule has 0 aliphatic carbocycles. The van der Waals surface area contributed by atoms with E-state index in [0.717, 1.165) is 23.1 Å². The van der Waals surface area contributed by atoms with Crippen molar-refractivity contribution in [2.75, 3.05) is 6.54 Å². The third kappa shape index (κ3) is 3.14. The first-order valence-corrected chi connectivity index (χ1v) is 8.57. The molecule has 1 N–H and O–H groups in total. The Morgan fingerprint density at radius 1 is 1.33 bits per heavy atom. The number of amides is 1. The predicted molar refractivity (Wildman–Crippen MR) is 94.2 cm³/mol. The highest BCUT2D eigenvalue weighted by molar-refractivity contribution is 6.36. The van der Waals surface area contributed by atoms with Crippen molar-refractivity contribution < 1.29 is 9.90 Å². The fraction of sp³-hybridized carbons (Fsp3) is 0.333. The molecule has 0 radical (unpaired) electrons. The molecular weight excluding hydrogens is 347 g/mol. The Balaban J connectivity index is 1.84. The monoisotopic (exact) mass is 364 g/mol. The molecular formula is C18H18Cl2N2O2. The number of benzene rings is 1. The summed E-state index contributed by atoms with van der Waals surface area (Å²) in [6.45, 7) is 2.64. The van der Waals surface area contributed by atoms with Crippen LogP contribution in [0.15, 0.2) is 30.6 Å². The lowest BCUT2D eigenvalue weighted by atomic mass is 9.89. The number of carbonyl (C=O) groups is 1. The first-order chi connectivity index (χ1) is 11.5. The van der Waals surface area contributed by atoms with Gasteiger partial charge in [0, 0.05) is 24.5 Å². The number of pyridine rings is 1. The van der Waals surface area contributed by atoms with Crippen LogP contribution >= 0.6 is 23.2 Å². The predicted octanol–water partition coefficient (Wildman–Crippen LogP) is 3.57. The van der Waals surface area contributed by atoms with E-state index in [0.29, 0.717) is 22.2 Å². The molecule has 2 heterocycles. The first-order valence-electron chi connectivity index (χ1n) is 7.81. The van der Waals surface area contributed by atoms with Crippen LogP contribution in [0.3, 0.4) is 0 Å². The molecule has 24 heavy (non-hydrogen) atoms. The van der Waals surface area contributed by atoms with E-state index in [1.807, 2.05) is 30.0 Å². The fourth-order valence-corrected chi connectivity index (χ4v) is 3.79. The lowest BCUT2D eigenvalue weighted by Crippen LogP contribution is -2.40. The largest absolute Gasteiger partial charge is 0.392 e. The number of aliphatic hydroxyl groups is 1. The van der Waals surface area contributed by atoms with E-state index >= 15 is 0 Å². The zero-order valence-corrected chi connectivity index (χ0v) is 14.8. The van der Waals surface area contributed by atoms with E-state index in [2.05, 4.69) is 4.98 Å². The van der Waals surface area contributed by atoms with Crippen LogP contribution in [0.25, 0.3) is 0 Å². The summed E-state index contributed by atoms with van der Waals surface area (Å²) in [5, 5.41) is 10.3. The normalized spacial score (nSPS) is 16.8. The number of carbonyl (C=O) groups excluding carboxylic acids is 1. The topological polar surface area (TPSA) is 53.4 Å². The van der Waals surface area contributed by atoms with Crippen molar-refractivity contribution in [3.05, 3.63) is 62.9 Å². The van der Waals surface area contributed by atoms with E-state index in [9.17, 15) is 9.90 Å². The number of hydrogen-bond acceptors (Lipinski definition) is 3. The Morgan fingerprint density at radius 3 is 2.71 bits per heavy atom. The van der Waals surface area contributed by atoms with Gasteiger partial charge in [-0.3, -0.25) is 9.78 Å². The Labute approximate surface area is 151 Å². The summed E-state index contributed by atoms with van der Waals surface area (Å²) >= 11 is 12.2. The summed E-state index contributed by atoms with van der Waals surface area (Å²) in [6, 6.07) is 5.82. The molecule has 1 amide bonds. The van der Waals surface area contributed by atoms with Gasteiger partial charge in [-0.15, -0.1) is 0 Å². The zero-order valence-electron chi connectivity index (χ0n) is 13.3. The Bertz CT molecular complexity index is 759. The summed E-state index contributed by atoms with van der Waals surface area (Å²) in [4.78, 5) is 18.5. The molecule has 0 bridgehead atoms. The number of aliphatic hydroxyl groups excluding tert-OH is 1. The van der Waals surface area contributed by atoms with Crippen molar-refractivity contribution in [3.8, 4) is 0 Å². The lowest BCUT2D eigenvalue weighted by molar-refractivity contribution is -0.133. The van der Waals surface area contributed by atoms with Gasteiger partial charge in [-0.2, -0.15) is 0 Å². The third-order valence-electron chi connectivity index (χ3n) is 4.60. The van der Waals surface area contributed by atoms with E-state index in [1.54, 1.807) is 0 Å². The molecule has 1 aromatic carbocycles. The van der Waals surface area contributed by atoms with Gasteiger partial charge >= 0.3 is 0 Å². The van der Waals surface area contributed by atoms with Gasteiger partial charge in [0.15, 0.2) is 0 Å². The minimum absolute atomic E-state index is 0.0162. The quantitative estimate of drug-likeness (QED) is 0.905. The van der Waals surface area contributed by atoms with Crippen LogP contribution < -0.4 is 0 Å². The summed E-state index contributed by atoms with van der Waals surface area (Å²) in [5.74, 6) is -0.0162. The Kier molecular flexibility index (Phi) is 5.09. The number of nitrogens with zero attached hydrogens (tertiary/aromatic N) is 2. The first kappa shape index (κ1) is 17.2. The summed E-state index contributed by atoms with van der Waals surface area (Å²) < 4.78 is 0. The van der Waals surface area contributed by atoms with Gasteiger partial charge in [-0.25, -0.2) is 0 Å². The molecule has 1 aromatic heterocycles. The van der Waals surface area contributed by atoms with Gasteiger partial charge in [0.05, 0.1) is 29.1 Å². The van der Waals surface area contributed by atoms with E-state index in [-0.39, 0.29) is 25.0 Å². The minimum atomic E-state index is -0.0489. The summed E-state index contributed by atoms with van der Waals surface area (Å²) in [5.41, 5.74) is 3.79. The van der Waals surface area contributed by atoms with E-state index < -0.39 is 0 Å². The molecule has 126 valence electrons. The maximum Gasteiger partial charge on any atom is 0.227 e. The number of halogens is 2. The average molecular weight is 365 g/mol. The zero-order chi connectivity index (χ0) is 17.3. The highest BCUT2D eigenvalue weighted by Gasteiger charge is 2.29. The SMILES string of the molecule is C[C@H]1c2cccc(CO)c2CCN1C(=O)Cc1c(Cl)cncc1Cl. The second kappa shape index (κ2) is 7.09. The van der Waals surface area contributed by atoms with Crippen molar-refractivity contribution in [1.82, 2.24) is 9.88 Å². The summed E-state index contributed by atoms with van der Waals surface area (Å²) in [6.07, 6.45) is 3.89. The van der Waals surface area contributed by atoms with Crippen LogP contribution in [0.1, 0.15) is 35.2 Å². The molecule has 0 saturated carbocycles. The van der Waals surface area contributed by atoms with E-state index in [4.69, 9.17) is 23.2 Å². The number of rotatable bonds is 3. The molecule has 1 atom stereocenters. The third-order valence-corrected chi connectivity index (χ3v) is 5.25. The molecule has 2 aromatic rings. The number of fused-ring (bicyclic) bond motifs is 1. The second-order valence-electron chi connectivity index (χ2n) is 5.91. The lowest BCUT2D eigenvalue weighted by Gasteiger charge is -2.36. The molecule has 3 rings (SSSR count). The van der Waals surface area contributed by atoms with Gasteiger partial charge in [0.1, 0.15) is 0 Å². The second-order valence-corrected chi connectivity index (χ2v) is 6.73. The molecule has 0 unspecified atom stereocenters. The van der Waals surface area contributed by atoms with Crippen molar-refractivity contribution in [2.45, 2.75) is 32.4 Å². The molecule has 1 aliphatic heterocycles. The minimum Gasteiger partial charge on any atom is -0.392 e. The van der Waals surface area contributed by atoms with Crippen LogP contribution in [0.2, 0.25) is 10.0 Å². The molecule has 1 aliphatic rings. The van der Waals surface area contributed by atoms with Crippen molar-refractivity contribution in [2.24, 2.45) is 0 Å². The van der Waals surface area contributed by atoms with Gasteiger partial charge < -0.3 is 10.0 Å². The van der Waals surface area contributed by atoms with Gasteiger partial charge in [-0.1, -0.05) is 41.4 Å². The molecule has 4 nitrogen and oxygen atoms in total. The Hall–Kier alpha value is -1.62. The highest BCUT2D eigenvalue weighted by Crippen LogP contribution is 2.33. The van der Waals surface area contributed by atoms with Gasteiger partial charge in [-0.05, 0) is 30.0 Å². The van der Waals surface area contributed by atoms with Crippen molar-refractivity contribution in [1.29, 1.82) is 0 Å². The highest BCUT2D eigenvalue weighted by atomic mass is 35.5. The average Bonchev–Trinajstić information content (AvgIpc) is 2.58. The van der Waals surface area contributed by atoms with Crippen LogP contribution in [0.4, 0.5) is 0 Å². The van der Waals surface area contributed by atoms with Crippen LogP contribution in [0.5, 0.6) is 0 Å². The Morgan fingerprint density at radius 2 is 2.04 bits per heavy atom. The fourth-order valence-electron chi connectivity index (χ4n) is 3.29. The van der Waals surface area contributed by atoms with Crippen molar-refractivity contribution >= 4 is 29.1 Å². The maximum absolute atomic E-state index is 12.8. The van der Waals surface area contributed by atoms with Crippen molar-refractivity contribution in [3.63, 3.8) is 0 Å². The molecule has 0 spiro atoms. The number of hydrogen-bond donors (Lipinski definition) is 1. The van der Waals surface area contributed by atoms with Crippen LogP contribution in [-0.2, 0) is 24.2 Å². The van der Waals surface area contributed by atoms with E-state index in [1.165, 1.54) is 12.4 Å². The molecule has 0 fully saturated rings. The van der Waals surface area contributed by atoms with Gasteiger partial charge in [0.25, 0.3) is 0 Å². The van der Waals surface area contributed by atoms with Crippen LogP contribution in [-0.4, -0.2) is 27.4 Å². The standard InChI is InChI=1S/C18H18Cl2N2O2/c1-11-13-4-2-3-12(10-23)14(13)5-6-22(11)18(24)7-15-16(19)8-21-9-17(15)20/h2-4,8-9,11,23H,5-7,10H2,1H3/t11-/m0/s1. The summed E-state index contributed by atoms with van der Waals surface area (Å²) in [7, 11) is 0. The molecule has 0 saturated heterocycles. The molecule has 6 heteroatoms. The van der Waals surface area contributed by atoms with Crippen LogP contribution in [0, 0.1) is 0 Å².